The number of nitrogens with two attached hydrogens (primary N) is 1. The third-order valence-corrected chi connectivity index (χ3v) is 3.49. The molecule has 1 fully saturated rings. The molecule has 1 aromatic rings. The molecule has 1 atom stereocenters. The first kappa shape index (κ1) is 14.0. The fourth-order valence-corrected chi connectivity index (χ4v) is 2.37. The number of anilines is 2. The van der Waals surface area contributed by atoms with Gasteiger partial charge in [0, 0.05) is 18.3 Å². The molecule has 0 aliphatic carbocycles. The van der Waals surface area contributed by atoms with Crippen molar-refractivity contribution in [3.63, 3.8) is 0 Å². The van der Waals surface area contributed by atoms with E-state index in [1.165, 1.54) is 5.69 Å². The van der Waals surface area contributed by atoms with Crippen LogP contribution in [-0.4, -0.2) is 32.4 Å². The highest BCUT2D eigenvalue weighted by Gasteiger charge is 2.22. The predicted octanol–water partition coefficient (Wildman–Crippen LogP) is 2.67. The summed E-state index contributed by atoms with van der Waals surface area (Å²) in [4.78, 5) is 2.39. The Kier molecular flexibility index (Phi) is 4.91. The Morgan fingerprint density at radius 3 is 3.00 bits per heavy atom. The van der Waals surface area contributed by atoms with Crippen LogP contribution in [0.2, 0.25) is 0 Å². The zero-order valence-corrected chi connectivity index (χ0v) is 11.9. The Morgan fingerprint density at radius 2 is 2.26 bits per heavy atom. The van der Waals surface area contributed by atoms with Gasteiger partial charge in [-0.25, -0.2) is 0 Å². The smallest absolute Gasteiger partial charge is 0.144 e. The minimum atomic E-state index is 0.441. The molecule has 106 valence electrons. The van der Waals surface area contributed by atoms with Crippen molar-refractivity contribution in [3.8, 4) is 5.75 Å². The first-order valence-corrected chi connectivity index (χ1v) is 7.13. The summed E-state index contributed by atoms with van der Waals surface area (Å²) < 4.78 is 11.2. The monoisotopic (exact) mass is 264 g/mol. The highest BCUT2D eigenvalue weighted by Crippen LogP contribution is 2.30. The lowest BCUT2D eigenvalue weighted by atomic mass is 10.1. The highest BCUT2D eigenvalue weighted by atomic mass is 16.5. The van der Waals surface area contributed by atoms with E-state index in [2.05, 4.69) is 30.9 Å². The van der Waals surface area contributed by atoms with Gasteiger partial charge in [-0.1, -0.05) is 13.8 Å². The summed E-state index contributed by atoms with van der Waals surface area (Å²) in [5.74, 6) is 0.792. The SMILES string of the molecule is CCCOc1cc(N2CCOCC2CC)ccc1N. The number of nitrogens with zero attached hydrogens (tertiary/aromatic N) is 1. The Balaban J connectivity index is 2.18. The van der Waals surface area contributed by atoms with Crippen LogP contribution in [0.25, 0.3) is 0 Å². The molecule has 1 unspecified atom stereocenters. The van der Waals surface area contributed by atoms with Crippen molar-refractivity contribution in [2.75, 3.05) is 37.0 Å². The molecular weight excluding hydrogens is 240 g/mol. The quantitative estimate of drug-likeness (QED) is 0.831. The van der Waals surface area contributed by atoms with Gasteiger partial charge in [0.2, 0.25) is 0 Å². The van der Waals surface area contributed by atoms with Gasteiger partial charge < -0.3 is 20.1 Å². The van der Waals surface area contributed by atoms with Gasteiger partial charge in [-0.05, 0) is 25.0 Å². The van der Waals surface area contributed by atoms with Crippen molar-refractivity contribution in [2.45, 2.75) is 32.7 Å². The summed E-state index contributed by atoms with van der Waals surface area (Å²) >= 11 is 0. The van der Waals surface area contributed by atoms with Crippen molar-refractivity contribution in [2.24, 2.45) is 0 Å². The molecular formula is C15H24N2O2. The molecule has 4 heteroatoms. The lowest BCUT2D eigenvalue weighted by Gasteiger charge is -2.37. The molecule has 1 aliphatic rings. The second-order valence-electron chi connectivity index (χ2n) is 4.90. The van der Waals surface area contributed by atoms with Gasteiger partial charge in [0.05, 0.1) is 31.5 Å². The van der Waals surface area contributed by atoms with Crippen LogP contribution in [0.3, 0.4) is 0 Å². The number of nitrogen functional groups attached to an aromatic ring is 1. The molecule has 1 aliphatic heterocycles. The molecule has 0 amide bonds. The van der Waals surface area contributed by atoms with E-state index in [0.717, 1.165) is 38.3 Å². The highest BCUT2D eigenvalue weighted by molar-refractivity contribution is 5.62. The van der Waals surface area contributed by atoms with Gasteiger partial charge in [0.1, 0.15) is 5.75 Å². The molecule has 19 heavy (non-hydrogen) atoms. The van der Waals surface area contributed by atoms with Gasteiger partial charge in [-0.3, -0.25) is 0 Å². The first-order valence-electron chi connectivity index (χ1n) is 7.13. The van der Waals surface area contributed by atoms with E-state index in [1.807, 2.05) is 6.07 Å². The van der Waals surface area contributed by atoms with Gasteiger partial charge in [-0.2, -0.15) is 0 Å². The number of benzene rings is 1. The Bertz CT molecular complexity index is 409. The third-order valence-electron chi connectivity index (χ3n) is 3.49. The van der Waals surface area contributed by atoms with Crippen LogP contribution < -0.4 is 15.4 Å². The molecule has 0 spiro atoms. The van der Waals surface area contributed by atoms with Crippen LogP contribution in [0, 0.1) is 0 Å². The Morgan fingerprint density at radius 1 is 1.42 bits per heavy atom. The largest absolute Gasteiger partial charge is 0.491 e. The molecule has 2 rings (SSSR count). The van der Waals surface area contributed by atoms with Gasteiger partial charge in [0.15, 0.2) is 0 Å². The van der Waals surface area contributed by atoms with Crippen LogP contribution in [0.4, 0.5) is 11.4 Å². The van der Waals surface area contributed by atoms with E-state index < -0.39 is 0 Å². The normalized spacial score (nSPS) is 19.5. The van der Waals surface area contributed by atoms with E-state index in [1.54, 1.807) is 0 Å². The summed E-state index contributed by atoms with van der Waals surface area (Å²) in [7, 11) is 0. The molecule has 0 saturated carbocycles. The van der Waals surface area contributed by atoms with Crippen LogP contribution >= 0.6 is 0 Å². The van der Waals surface area contributed by atoms with Crippen LogP contribution in [0.15, 0.2) is 18.2 Å². The summed E-state index contributed by atoms with van der Waals surface area (Å²) in [5, 5.41) is 0. The molecule has 0 radical (unpaired) electrons. The maximum absolute atomic E-state index is 5.96. The van der Waals surface area contributed by atoms with Crippen molar-refractivity contribution < 1.29 is 9.47 Å². The second kappa shape index (κ2) is 6.66. The zero-order chi connectivity index (χ0) is 13.7. The topological polar surface area (TPSA) is 47.7 Å². The fourth-order valence-electron chi connectivity index (χ4n) is 2.37. The van der Waals surface area contributed by atoms with Crippen molar-refractivity contribution in [1.82, 2.24) is 0 Å². The van der Waals surface area contributed by atoms with E-state index in [4.69, 9.17) is 15.2 Å². The number of rotatable bonds is 5. The average Bonchev–Trinajstić information content (AvgIpc) is 2.46. The first-order chi connectivity index (χ1) is 9.26. The maximum atomic E-state index is 5.96. The average molecular weight is 264 g/mol. The molecule has 0 bridgehead atoms. The molecule has 0 aromatic heterocycles. The summed E-state index contributed by atoms with van der Waals surface area (Å²) in [5.41, 5.74) is 7.84. The van der Waals surface area contributed by atoms with Crippen molar-refractivity contribution in [1.29, 1.82) is 0 Å². The van der Waals surface area contributed by atoms with Crippen molar-refractivity contribution in [3.05, 3.63) is 18.2 Å². The Labute approximate surface area is 115 Å². The van der Waals surface area contributed by atoms with E-state index in [0.29, 0.717) is 18.3 Å². The standard InChI is InChI=1S/C15H24N2O2/c1-3-8-19-15-10-13(5-6-14(15)16)17-7-9-18-11-12(17)4-2/h5-6,10,12H,3-4,7-9,11,16H2,1-2H3. The van der Waals surface area contributed by atoms with Crippen LogP contribution in [0.1, 0.15) is 26.7 Å². The molecule has 1 aromatic carbocycles. The van der Waals surface area contributed by atoms with Gasteiger partial charge >= 0.3 is 0 Å². The third kappa shape index (κ3) is 3.32. The van der Waals surface area contributed by atoms with E-state index in [-0.39, 0.29) is 0 Å². The second-order valence-corrected chi connectivity index (χ2v) is 4.90. The minimum absolute atomic E-state index is 0.441. The Hall–Kier alpha value is -1.42. The van der Waals surface area contributed by atoms with Crippen molar-refractivity contribution >= 4 is 11.4 Å². The van der Waals surface area contributed by atoms with Gasteiger partial charge in [0.25, 0.3) is 0 Å². The predicted molar refractivity (Wildman–Crippen MR) is 78.9 cm³/mol. The summed E-state index contributed by atoms with van der Waals surface area (Å²) in [6.45, 7) is 7.49. The fraction of sp³-hybridized carbons (Fsp3) is 0.600. The van der Waals surface area contributed by atoms with Crippen LogP contribution in [0.5, 0.6) is 5.75 Å². The number of ether oxygens (including phenoxy) is 2. The van der Waals surface area contributed by atoms with Gasteiger partial charge in [-0.15, -0.1) is 0 Å². The lowest BCUT2D eigenvalue weighted by Crippen LogP contribution is -2.45. The number of morpholine rings is 1. The molecule has 1 heterocycles. The molecule has 1 saturated heterocycles. The number of hydrogen-bond acceptors (Lipinski definition) is 4. The lowest BCUT2D eigenvalue weighted by molar-refractivity contribution is 0.0929. The minimum Gasteiger partial charge on any atom is -0.491 e. The zero-order valence-electron chi connectivity index (χ0n) is 11.9. The van der Waals surface area contributed by atoms with Crippen LogP contribution in [-0.2, 0) is 4.74 Å². The number of hydrogen-bond donors (Lipinski definition) is 1. The molecule has 4 nitrogen and oxygen atoms in total. The summed E-state index contributed by atoms with van der Waals surface area (Å²) in [6.07, 6.45) is 2.06. The van der Waals surface area contributed by atoms with E-state index in [9.17, 15) is 0 Å². The molecule has 2 N–H and O–H groups in total. The van der Waals surface area contributed by atoms with E-state index >= 15 is 0 Å². The summed E-state index contributed by atoms with van der Waals surface area (Å²) in [6, 6.07) is 6.50. The maximum Gasteiger partial charge on any atom is 0.144 e.